The summed E-state index contributed by atoms with van der Waals surface area (Å²) >= 11 is 1.64. The molecule has 0 radical (unpaired) electrons. The van der Waals surface area contributed by atoms with Gasteiger partial charge in [-0.3, -0.25) is 5.32 Å². The maximum Gasteiger partial charge on any atom is 0.137 e. The first kappa shape index (κ1) is 17.4. The van der Waals surface area contributed by atoms with Gasteiger partial charge < -0.3 is 15.3 Å². The molecule has 1 heterocycles. The van der Waals surface area contributed by atoms with Gasteiger partial charge in [-0.1, -0.05) is 42.5 Å². The minimum Gasteiger partial charge on any atom is -0.484 e. The molecule has 2 aromatic carbocycles. The molecule has 0 saturated carbocycles. The van der Waals surface area contributed by atoms with Crippen molar-refractivity contribution in [3.63, 3.8) is 0 Å². The first-order valence-corrected chi connectivity index (χ1v) is 8.19. The van der Waals surface area contributed by atoms with Gasteiger partial charge in [0.05, 0.1) is 0 Å². The van der Waals surface area contributed by atoms with Gasteiger partial charge >= 0.3 is 0 Å². The second-order valence-corrected chi connectivity index (χ2v) is 6.12. The van der Waals surface area contributed by atoms with Crippen LogP contribution in [0.4, 0.5) is 0 Å². The summed E-state index contributed by atoms with van der Waals surface area (Å²) in [4.78, 5) is 1.11. The first-order valence-electron chi connectivity index (χ1n) is 7.31. The van der Waals surface area contributed by atoms with Gasteiger partial charge in [-0.2, -0.15) is 0 Å². The number of rotatable bonds is 6. The van der Waals surface area contributed by atoms with Gasteiger partial charge in [0.1, 0.15) is 18.1 Å². The Morgan fingerprint density at radius 3 is 2.61 bits per heavy atom. The summed E-state index contributed by atoms with van der Waals surface area (Å²) in [6, 6.07) is 18.3. The third-order valence-electron chi connectivity index (χ3n) is 3.65. The van der Waals surface area contributed by atoms with Crippen molar-refractivity contribution in [2.45, 2.75) is 18.8 Å². The van der Waals surface area contributed by atoms with Crippen molar-refractivity contribution >= 4 is 22.1 Å². The molecule has 0 amide bonds. The topological polar surface area (TPSA) is 73.0 Å². The van der Waals surface area contributed by atoms with E-state index in [2.05, 4.69) is 23.5 Å². The highest BCUT2D eigenvalue weighted by Crippen LogP contribution is 2.33. The molecule has 3 rings (SSSR count). The molecule has 1 aromatic heterocycles. The molecule has 5 heteroatoms. The van der Waals surface area contributed by atoms with Crippen LogP contribution in [0.3, 0.4) is 0 Å². The fraction of sp³-hybridized carbons (Fsp3) is 0.222. The second-order valence-electron chi connectivity index (χ2n) is 5.14. The van der Waals surface area contributed by atoms with E-state index in [9.17, 15) is 5.11 Å². The Morgan fingerprint density at radius 1 is 1.09 bits per heavy atom. The van der Waals surface area contributed by atoms with Gasteiger partial charge in [0, 0.05) is 16.7 Å². The number of aliphatic hydroxyl groups is 1. The highest BCUT2D eigenvalue weighted by atomic mass is 32.1. The van der Waals surface area contributed by atoms with E-state index in [1.807, 2.05) is 41.8 Å². The highest BCUT2D eigenvalue weighted by Gasteiger charge is 2.19. The van der Waals surface area contributed by atoms with Crippen LogP contribution in [-0.4, -0.2) is 23.9 Å². The smallest absolute Gasteiger partial charge is 0.137 e. The largest absolute Gasteiger partial charge is 0.484 e. The molecule has 0 saturated heterocycles. The summed E-state index contributed by atoms with van der Waals surface area (Å²) in [7, 11) is 1.74. The lowest BCUT2D eigenvalue weighted by molar-refractivity contribution is 0.0792. The standard InChI is InChI=1S/C18H19NO2S.H2O/c1-19-18(20)12-16(17-10-5-11-22-17)21-15-9-4-7-13-6-2-3-8-14(13)15;/h2-11,16,18-20H,12H2,1H3;1H2/t16-,18?;/m0./s1. The molecule has 0 bridgehead atoms. The van der Waals surface area contributed by atoms with Crippen molar-refractivity contribution in [1.29, 1.82) is 0 Å². The van der Waals surface area contributed by atoms with Gasteiger partial charge in [-0.05, 0) is 29.9 Å². The molecule has 0 fully saturated rings. The van der Waals surface area contributed by atoms with Gasteiger partial charge in [-0.15, -0.1) is 11.3 Å². The Kier molecular flexibility index (Phi) is 6.12. The van der Waals surface area contributed by atoms with Gasteiger partial charge in [0.25, 0.3) is 0 Å². The molecule has 23 heavy (non-hydrogen) atoms. The van der Waals surface area contributed by atoms with Crippen LogP contribution in [0.5, 0.6) is 5.75 Å². The molecule has 0 aliphatic heterocycles. The Balaban J connectivity index is 0.00000192. The summed E-state index contributed by atoms with van der Waals surface area (Å²) in [5, 5.41) is 17.1. The van der Waals surface area contributed by atoms with Crippen molar-refractivity contribution in [2.75, 3.05) is 7.05 Å². The average molecular weight is 331 g/mol. The summed E-state index contributed by atoms with van der Waals surface area (Å²) in [5.74, 6) is 0.847. The monoisotopic (exact) mass is 331 g/mol. The van der Waals surface area contributed by atoms with Crippen molar-refractivity contribution in [3.05, 3.63) is 64.9 Å². The van der Waals surface area contributed by atoms with Crippen LogP contribution in [0.25, 0.3) is 10.8 Å². The van der Waals surface area contributed by atoms with Crippen LogP contribution in [0.1, 0.15) is 17.4 Å². The lowest BCUT2D eigenvalue weighted by atomic mass is 10.1. The molecule has 0 aliphatic carbocycles. The molecule has 122 valence electrons. The molecule has 3 aromatic rings. The predicted molar refractivity (Wildman–Crippen MR) is 94.9 cm³/mol. The van der Waals surface area contributed by atoms with Crippen molar-refractivity contribution in [3.8, 4) is 5.75 Å². The molecular weight excluding hydrogens is 310 g/mol. The van der Waals surface area contributed by atoms with Gasteiger partial charge in [-0.25, -0.2) is 0 Å². The fourth-order valence-corrected chi connectivity index (χ4v) is 3.24. The first-order chi connectivity index (χ1) is 10.8. The van der Waals surface area contributed by atoms with Crippen molar-refractivity contribution in [1.82, 2.24) is 5.32 Å². The van der Waals surface area contributed by atoms with Crippen LogP contribution >= 0.6 is 11.3 Å². The fourth-order valence-electron chi connectivity index (χ4n) is 2.47. The molecular formula is C18H21NO3S. The number of aliphatic hydroxyl groups excluding tert-OH is 1. The lowest BCUT2D eigenvalue weighted by Crippen LogP contribution is -2.28. The van der Waals surface area contributed by atoms with Crippen LogP contribution in [0.15, 0.2) is 60.0 Å². The normalized spacial score (nSPS) is 13.3. The number of hydrogen-bond acceptors (Lipinski definition) is 4. The zero-order valence-electron chi connectivity index (χ0n) is 12.9. The lowest BCUT2D eigenvalue weighted by Gasteiger charge is -2.21. The van der Waals surface area contributed by atoms with Crippen LogP contribution in [-0.2, 0) is 0 Å². The quantitative estimate of drug-likeness (QED) is 0.682. The molecule has 4 nitrogen and oxygen atoms in total. The number of benzene rings is 2. The van der Waals surface area contributed by atoms with Crippen LogP contribution in [0, 0.1) is 0 Å². The number of fused-ring (bicyclic) bond motifs is 1. The summed E-state index contributed by atoms with van der Waals surface area (Å²) < 4.78 is 6.26. The van der Waals surface area contributed by atoms with E-state index in [1.54, 1.807) is 18.4 Å². The predicted octanol–water partition coefficient (Wildman–Crippen LogP) is 3.12. The zero-order chi connectivity index (χ0) is 15.4. The SMILES string of the molecule is CNC(O)C[C@H](Oc1cccc2ccccc12)c1cccs1.O. The molecule has 1 unspecified atom stereocenters. The maximum atomic E-state index is 9.93. The summed E-state index contributed by atoms with van der Waals surface area (Å²) in [6.07, 6.45) is -0.268. The minimum absolute atomic E-state index is 0. The van der Waals surface area contributed by atoms with Crippen LogP contribution < -0.4 is 10.1 Å². The third-order valence-corrected chi connectivity index (χ3v) is 4.61. The Hall–Kier alpha value is -1.92. The van der Waals surface area contributed by atoms with E-state index in [0.717, 1.165) is 21.4 Å². The third kappa shape index (κ3) is 4.09. The van der Waals surface area contributed by atoms with Gasteiger partial charge in [0.15, 0.2) is 0 Å². The van der Waals surface area contributed by atoms with Crippen LogP contribution in [0.2, 0.25) is 0 Å². The summed E-state index contributed by atoms with van der Waals surface area (Å²) in [5.41, 5.74) is 0. The van der Waals surface area contributed by atoms with Gasteiger partial charge in [0.2, 0.25) is 0 Å². The Bertz CT molecular complexity index is 725. The second kappa shape index (κ2) is 8.08. The maximum absolute atomic E-state index is 9.93. The molecule has 4 N–H and O–H groups in total. The van der Waals surface area contributed by atoms with Crippen molar-refractivity contribution in [2.24, 2.45) is 0 Å². The minimum atomic E-state index is -0.595. The summed E-state index contributed by atoms with van der Waals surface area (Å²) in [6.45, 7) is 0. The average Bonchev–Trinajstić information content (AvgIpc) is 3.09. The number of thiophene rings is 1. The Morgan fingerprint density at radius 2 is 1.87 bits per heavy atom. The number of hydrogen-bond donors (Lipinski definition) is 2. The number of nitrogens with one attached hydrogen (secondary N) is 1. The van der Waals surface area contributed by atoms with E-state index in [0.29, 0.717) is 6.42 Å². The Labute approximate surface area is 139 Å². The highest BCUT2D eigenvalue weighted by molar-refractivity contribution is 7.10. The molecule has 2 atom stereocenters. The van der Waals surface area contributed by atoms with E-state index >= 15 is 0 Å². The molecule has 0 aliphatic rings. The van der Waals surface area contributed by atoms with E-state index in [1.165, 1.54) is 0 Å². The number of ether oxygens (including phenoxy) is 1. The zero-order valence-corrected chi connectivity index (χ0v) is 13.7. The molecule has 0 spiro atoms. The van der Waals surface area contributed by atoms with E-state index in [-0.39, 0.29) is 11.6 Å². The van der Waals surface area contributed by atoms with E-state index < -0.39 is 6.23 Å². The van der Waals surface area contributed by atoms with E-state index in [4.69, 9.17) is 4.74 Å². The van der Waals surface area contributed by atoms with Crippen molar-refractivity contribution < 1.29 is 15.3 Å².